The van der Waals surface area contributed by atoms with Crippen molar-refractivity contribution in [3.63, 3.8) is 0 Å². The van der Waals surface area contributed by atoms with Gasteiger partial charge in [0.15, 0.2) is 5.82 Å². The molecular weight excluding hydrogens is 382 g/mol. The Balaban J connectivity index is 1.84. The van der Waals surface area contributed by atoms with Gasteiger partial charge in [0.1, 0.15) is 28.5 Å². The molecule has 7 nitrogen and oxygen atoms in total. The number of aromatic nitrogens is 7. The molecule has 0 aliphatic heterocycles. The maximum Gasteiger partial charge on any atom is 0.180 e. The van der Waals surface area contributed by atoms with Gasteiger partial charge in [-0.3, -0.25) is 4.98 Å². The fraction of sp³-hybridized carbons (Fsp3) is 0. The van der Waals surface area contributed by atoms with Crippen LogP contribution in [0.2, 0.25) is 0 Å². The first-order chi connectivity index (χ1) is 14.4. The van der Waals surface area contributed by atoms with Crippen molar-refractivity contribution in [2.75, 3.05) is 0 Å². The third kappa shape index (κ3) is 3.37. The summed E-state index contributed by atoms with van der Waals surface area (Å²) in [5, 5.41) is 10.2. The van der Waals surface area contributed by atoms with Gasteiger partial charge in [-0.2, -0.15) is 5.10 Å². The van der Waals surface area contributed by atoms with E-state index >= 15 is 0 Å². The predicted molar refractivity (Wildman–Crippen MR) is 111 cm³/mol. The second-order valence-electron chi connectivity index (χ2n) is 5.99. The van der Waals surface area contributed by atoms with Crippen molar-refractivity contribution >= 4 is 11.3 Å². The molecule has 0 radical (unpaired) electrons. The Bertz CT molecular complexity index is 1230. The first-order valence-corrected chi connectivity index (χ1v) is 9.71. The van der Waals surface area contributed by atoms with E-state index in [1.165, 1.54) is 0 Å². The van der Waals surface area contributed by atoms with E-state index in [-0.39, 0.29) is 0 Å². The van der Waals surface area contributed by atoms with Gasteiger partial charge in [-0.15, -0.1) is 16.4 Å². The molecule has 0 fully saturated rings. The number of thiophene rings is 1. The molecule has 0 N–H and O–H groups in total. The van der Waals surface area contributed by atoms with Gasteiger partial charge in [-0.05, 0) is 41.8 Å². The summed E-state index contributed by atoms with van der Waals surface area (Å²) in [7, 11) is 0. The average Bonchev–Trinajstić information content (AvgIpc) is 3.35. The zero-order chi connectivity index (χ0) is 19.5. The molecule has 5 aromatic rings. The van der Waals surface area contributed by atoms with Crippen molar-refractivity contribution < 1.29 is 0 Å². The summed E-state index contributed by atoms with van der Waals surface area (Å²) in [6, 6.07) is 15.1. The Morgan fingerprint density at radius 2 is 1.38 bits per heavy atom. The van der Waals surface area contributed by atoms with Crippen molar-refractivity contribution in [3.05, 3.63) is 78.7 Å². The highest BCUT2D eigenvalue weighted by atomic mass is 32.1. The minimum absolute atomic E-state index is 0.478. The maximum atomic E-state index is 4.95. The van der Waals surface area contributed by atoms with Crippen molar-refractivity contribution in [1.82, 2.24) is 35.1 Å². The quantitative estimate of drug-likeness (QED) is 0.451. The summed E-state index contributed by atoms with van der Waals surface area (Å²) in [5.41, 5.74) is 3.84. The van der Waals surface area contributed by atoms with E-state index in [9.17, 15) is 0 Å². The van der Waals surface area contributed by atoms with E-state index in [0.29, 0.717) is 28.6 Å². The topological polar surface area (TPSA) is 90.2 Å². The van der Waals surface area contributed by atoms with Crippen LogP contribution in [0, 0.1) is 0 Å². The number of rotatable bonds is 4. The van der Waals surface area contributed by atoms with Crippen LogP contribution in [0.3, 0.4) is 0 Å². The van der Waals surface area contributed by atoms with Gasteiger partial charge >= 0.3 is 0 Å². The van der Waals surface area contributed by atoms with Crippen LogP contribution in [0.5, 0.6) is 0 Å². The molecule has 0 atom stereocenters. The molecule has 0 bridgehead atoms. The van der Waals surface area contributed by atoms with E-state index in [1.807, 2.05) is 47.8 Å². The fourth-order valence-electron chi connectivity index (χ4n) is 2.89. The third-order valence-electron chi connectivity index (χ3n) is 4.15. The molecule has 5 rings (SSSR count). The predicted octanol–water partition coefficient (Wildman–Crippen LogP) is 4.18. The second-order valence-corrected chi connectivity index (χ2v) is 6.94. The zero-order valence-electron chi connectivity index (χ0n) is 15.0. The molecule has 0 saturated carbocycles. The van der Waals surface area contributed by atoms with Crippen LogP contribution >= 0.6 is 11.3 Å². The second kappa shape index (κ2) is 7.61. The Morgan fingerprint density at radius 1 is 0.586 bits per heavy atom. The van der Waals surface area contributed by atoms with E-state index in [1.54, 1.807) is 42.2 Å². The van der Waals surface area contributed by atoms with Crippen LogP contribution in [0.25, 0.3) is 44.9 Å². The van der Waals surface area contributed by atoms with E-state index < -0.39 is 0 Å². The Hall–Kier alpha value is -3.91. The largest absolute Gasteiger partial charge is 0.255 e. The normalized spacial score (nSPS) is 10.8. The lowest BCUT2D eigenvalue weighted by Gasteiger charge is -2.12. The van der Waals surface area contributed by atoms with Gasteiger partial charge in [0.2, 0.25) is 0 Å². The minimum Gasteiger partial charge on any atom is -0.255 e. The summed E-state index contributed by atoms with van der Waals surface area (Å²) < 4.78 is 0. The summed E-state index contributed by atoms with van der Waals surface area (Å²) in [6.07, 6.45) is 6.73. The summed E-state index contributed by atoms with van der Waals surface area (Å²) in [6.45, 7) is 0. The van der Waals surface area contributed by atoms with E-state index in [4.69, 9.17) is 9.97 Å². The lowest BCUT2D eigenvalue weighted by atomic mass is 10.1. The first kappa shape index (κ1) is 17.2. The van der Waals surface area contributed by atoms with Crippen LogP contribution in [-0.2, 0) is 0 Å². The highest BCUT2D eigenvalue weighted by Crippen LogP contribution is 2.36. The minimum atomic E-state index is 0.478. The van der Waals surface area contributed by atoms with Crippen molar-refractivity contribution in [3.8, 4) is 44.9 Å². The monoisotopic (exact) mass is 395 g/mol. The van der Waals surface area contributed by atoms with Gasteiger partial charge in [-0.1, -0.05) is 12.1 Å². The molecule has 5 heterocycles. The van der Waals surface area contributed by atoms with Crippen molar-refractivity contribution in [2.45, 2.75) is 0 Å². The smallest absolute Gasteiger partial charge is 0.180 e. The van der Waals surface area contributed by atoms with E-state index in [2.05, 4.69) is 25.1 Å². The van der Waals surface area contributed by atoms with E-state index in [0.717, 1.165) is 16.3 Å². The van der Waals surface area contributed by atoms with Crippen LogP contribution in [-0.4, -0.2) is 35.1 Å². The Labute approximate surface area is 170 Å². The zero-order valence-corrected chi connectivity index (χ0v) is 15.9. The van der Waals surface area contributed by atoms with Crippen LogP contribution < -0.4 is 0 Å². The summed E-state index contributed by atoms with van der Waals surface area (Å²) >= 11 is 1.59. The number of pyridine rings is 1. The van der Waals surface area contributed by atoms with Gasteiger partial charge in [-0.25, -0.2) is 19.9 Å². The summed E-state index contributed by atoms with van der Waals surface area (Å²) in [5.74, 6) is 0.478. The molecule has 0 aliphatic carbocycles. The molecule has 8 heteroatoms. The molecule has 0 unspecified atom stereocenters. The Morgan fingerprint density at radius 3 is 2.10 bits per heavy atom. The fourth-order valence-corrected chi connectivity index (χ4v) is 3.60. The summed E-state index contributed by atoms with van der Waals surface area (Å²) in [4.78, 5) is 24.1. The third-order valence-corrected chi connectivity index (χ3v) is 5.03. The molecule has 29 heavy (non-hydrogen) atoms. The molecule has 0 saturated heterocycles. The van der Waals surface area contributed by atoms with Crippen LogP contribution in [0.1, 0.15) is 0 Å². The Kier molecular flexibility index (Phi) is 4.51. The molecule has 138 valence electrons. The standard InChI is InChI=1S/C21H13N7S/c1-2-9-22-14(6-1)17-19(16-8-4-13-29-16)27-20(21-23-10-5-11-24-21)18(26-17)15-7-3-12-25-28-15/h1-13H. The molecular formula is C21H13N7S. The first-order valence-electron chi connectivity index (χ1n) is 8.83. The number of hydrogen-bond acceptors (Lipinski definition) is 8. The molecule has 0 aromatic carbocycles. The average molecular weight is 395 g/mol. The van der Waals surface area contributed by atoms with Crippen molar-refractivity contribution in [2.24, 2.45) is 0 Å². The van der Waals surface area contributed by atoms with Gasteiger partial charge in [0.05, 0.1) is 10.6 Å². The lowest BCUT2D eigenvalue weighted by Crippen LogP contribution is -2.03. The highest BCUT2D eigenvalue weighted by Gasteiger charge is 2.22. The number of hydrogen-bond donors (Lipinski definition) is 0. The molecule has 0 amide bonds. The molecule has 0 aliphatic rings. The van der Waals surface area contributed by atoms with Crippen molar-refractivity contribution in [1.29, 1.82) is 0 Å². The maximum absolute atomic E-state index is 4.95. The highest BCUT2D eigenvalue weighted by molar-refractivity contribution is 7.13. The SMILES string of the molecule is c1ccc(-c2nc(-c3cccnn3)c(-c3ncccn3)nc2-c2cccs2)nc1. The van der Waals surface area contributed by atoms with Gasteiger partial charge in [0, 0.05) is 24.8 Å². The number of nitrogens with zero attached hydrogens (tertiary/aromatic N) is 7. The van der Waals surface area contributed by atoms with Gasteiger partial charge in [0.25, 0.3) is 0 Å². The molecule has 5 aromatic heterocycles. The molecule has 0 spiro atoms. The lowest BCUT2D eigenvalue weighted by molar-refractivity contribution is 1.02. The van der Waals surface area contributed by atoms with Crippen LogP contribution in [0.15, 0.2) is 78.7 Å². The van der Waals surface area contributed by atoms with Crippen LogP contribution in [0.4, 0.5) is 0 Å². The van der Waals surface area contributed by atoms with Gasteiger partial charge < -0.3 is 0 Å².